The molecule has 2 nitrogen and oxygen atoms in total. The second-order valence-electron chi connectivity index (χ2n) is 5.22. The normalized spacial score (nSPS) is 22.8. The lowest BCUT2D eigenvalue weighted by Gasteiger charge is -2.34. The van der Waals surface area contributed by atoms with Gasteiger partial charge in [-0.15, -0.1) is 0 Å². The van der Waals surface area contributed by atoms with Crippen LogP contribution in [0, 0.1) is 5.92 Å². The maximum Gasteiger partial charge on any atom is 0.0648 e. The topological polar surface area (TPSA) is 15.3 Å². The Labute approximate surface area is 123 Å². The molecule has 1 aliphatic rings. The third kappa shape index (κ3) is 3.62. The zero-order valence-electron chi connectivity index (χ0n) is 10.9. The minimum Gasteiger partial charge on any atom is -0.381 e. The van der Waals surface area contributed by atoms with Crippen LogP contribution < -0.4 is 5.32 Å². The second-order valence-corrected chi connectivity index (χ2v) is 6.54. The number of benzene rings is 1. The Morgan fingerprint density at radius 3 is 2.94 bits per heavy atom. The van der Waals surface area contributed by atoms with Gasteiger partial charge in [0.25, 0.3) is 0 Å². The van der Waals surface area contributed by atoms with E-state index in [4.69, 9.17) is 11.6 Å². The van der Waals surface area contributed by atoms with E-state index >= 15 is 0 Å². The van der Waals surface area contributed by atoms with Crippen LogP contribution >= 0.6 is 27.5 Å². The molecule has 4 heteroatoms. The largest absolute Gasteiger partial charge is 0.381 e. The van der Waals surface area contributed by atoms with E-state index in [9.17, 15) is 0 Å². The van der Waals surface area contributed by atoms with Gasteiger partial charge in [-0.2, -0.15) is 0 Å². The molecule has 1 aromatic carbocycles. The fourth-order valence-corrected chi connectivity index (χ4v) is 3.31. The van der Waals surface area contributed by atoms with E-state index in [1.807, 2.05) is 18.2 Å². The van der Waals surface area contributed by atoms with Crippen molar-refractivity contribution in [3.05, 3.63) is 27.7 Å². The van der Waals surface area contributed by atoms with Gasteiger partial charge in [0.1, 0.15) is 0 Å². The highest BCUT2D eigenvalue weighted by atomic mass is 79.9. The molecule has 0 saturated carbocycles. The lowest BCUT2D eigenvalue weighted by molar-refractivity contribution is 0.197. The van der Waals surface area contributed by atoms with Crippen LogP contribution in [-0.4, -0.2) is 31.1 Å². The summed E-state index contributed by atoms with van der Waals surface area (Å²) < 4.78 is 1.02. The van der Waals surface area contributed by atoms with Crippen LogP contribution in [0.15, 0.2) is 22.7 Å². The first-order valence-corrected chi connectivity index (χ1v) is 7.63. The van der Waals surface area contributed by atoms with Crippen molar-refractivity contribution in [1.29, 1.82) is 0 Å². The van der Waals surface area contributed by atoms with Gasteiger partial charge in [-0.25, -0.2) is 0 Å². The summed E-state index contributed by atoms with van der Waals surface area (Å²) in [5.41, 5.74) is 1.03. The number of anilines is 1. The van der Waals surface area contributed by atoms with Gasteiger partial charge < -0.3 is 10.2 Å². The number of piperidine rings is 1. The SMILES string of the molecule is CC(Nc1ccc(Br)cc1Cl)C1CCCN(C)C1. The molecule has 18 heavy (non-hydrogen) atoms. The Balaban J connectivity index is 1.99. The molecule has 1 saturated heterocycles. The Morgan fingerprint density at radius 2 is 2.28 bits per heavy atom. The summed E-state index contributed by atoms with van der Waals surface area (Å²) in [4.78, 5) is 2.41. The summed E-state index contributed by atoms with van der Waals surface area (Å²) in [6.07, 6.45) is 2.59. The molecule has 2 rings (SSSR count). The number of nitrogens with one attached hydrogen (secondary N) is 1. The maximum absolute atomic E-state index is 6.24. The zero-order valence-corrected chi connectivity index (χ0v) is 13.3. The summed E-state index contributed by atoms with van der Waals surface area (Å²) >= 11 is 9.67. The average molecular weight is 332 g/mol. The molecule has 0 aromatic heterocycles. The van der Waals surface area contributed by atoms with E-state index in [1.54, 1.807) is 0 Å². The molecule has 0 amide bonds. The van der Waals surface area contributed by atoms with E-state index in [0.717, 1.165) is 15.2 Å². The molecule has 100 valence electrons. The molecule has 0 radical (unpaired) electrons. The van der Waals surface area contributed by atoms with Crippen molar-refractivity contribution in [2.45, 2.75) is 25.8 Å². The van der Waals surface area contributed by atoms with Crippen LogP contribution in [0.3, 0.4) is 0 Å². The number of hydrogen-bond donors (Lipinski definition) is 1. The quantitative estimate of drug-likeness (QED) is 0.891. The van der Waals surface area contributed by atoms with Gasteiger partial charge in [0.05, 0.1) is 10.7 Å². The molecule has 1 N–H and O–H groups in total. The first-order chi connectivity index (χ1) is 8.56. The fourth-order valence-electron chi connectivity index (χ4n) is 2.58. The van der Waals surface area contributed by atoms with Gasteiger partial charge in [0.2, 0.25) is 0 Å². The number of rotatable bonds is 3. The smallest absolute Gasteiger partial charge is 0.0648 e. The van der Waals surface area contributed by atoms with Gasteiger partial charge >= 0.3 is 0 Å². The van der Waals surface area contributed by atoms with Gasteiger partial charge in [-0.1, -0.05) is 27.5 Å². The van der Waals surface area contributed by atoms with Crippen LogP contribution in [-0.2, 0) is 0 Å². The molecule has 2 unspecified atom stereocenters. The molecule has 2 atom stereocenters. The minimum absolute atomic E-state index is 0.450. The monoisotopic (exact) mass is 330 g/mol. The first kappa shape index (κ1) is 14.2. The van der Waals surface area contributed by atoms with Gasteiger partial charge in [0.15, 0.2) is 0 Å². The lowest BCUT2D eigenvalue weighted by Crippen LogP contribution is -2.39. The third-order valence-electron chi connectivity index (χ3n) is 3.68. The van der Waals surface area contributed by atoms with E-state index in [2.05, 4.69) is 40.1 Å². The van der Waals surface area contributed by atoms with Gasteiger partial charge in [0, 0.05) is 17.1 Å². The number of hydrogen-bond acceptors (Lipinski definition) is 2. The number of nitrogens with zero attached hydrogens (tertiary/aromatic N) is 1. The second kappa shape index (κ2) is 6.27. The molecule has 0 aliphatic carbocycles. The summed E-state index contributed by atoms with van der Waals surface area (Å²) in [5.74, 6) is 0.698. The van der Waals surface area contributed by atoms with Crippen LogP contribution in [0.25, 0.3) is 0 Å². The van der Waals surface area contributed by atoms with Gasteiger partial charge in [-0.3, -0.25) is 0 Å². The maximum atomic E-state index is 6.24. The Morgan fingerprint density at radius 1 is 1.50 bits per heavy atom. The summed E-state index contributed by atoms with van der Waals surface area (Å²) in [7, 11) is 2.20. The Hall–Kier alpha value is -0.250. The molecular weight excluding hydrogens is 312 g/mol. The van der Waals surface area contributed by atoms with E-state index in [-0.39, 0.29) is 0 Å². The Bertz CT molecular complexity index is 411. The molecule has 1 fully saturated rings. The molecule has 1 aliphatic heterocycles. The highest BCUT2D eigenvalue weighted by Crippen LogP contribution is 2.28. The highest BCUT2D eigenvalue weighted by Gasteiger charge is 2.23. The zero-order chi connectivity index (χ0) is 13.1. The highest BCUT2D eigenvalue weighted by molar-refractivity contribution is 9.10. The molecular formula is C14H20BrClN2. The molecule has 0 spiro atoms. The summed E-state index contributed by atoms with van der Waals surface area (Å²) in [6, 6.07) is 6.44. The molecule has 0 bridgehead atoms. The minimum atomic E-state index is 0.450. The average Bonchev–Trinajstić information content (AvgIpc) is 2.32. The Kier molecular flexibility index (Phi) is 4.93. The van der Waals surface area contributed by atoms with Crippen molar-refractivity contribution in [3.63, 3.8) is 0 Å². The van der Waals surface area contributed by atoms with Crippen molar-refractivity contribution in [2.24, 2.45) is 5.92 Å². The summed E-state index contributed by atoms with van der Waals surface area (Å²) in [6.45, 7) is 4.65. The van der Waals surface area contributed by atoms with Gasteiger partial charge in [-0.05, 0) is 57.5 Å². The van der Waals surface area contributed by atoms with E-state index in [0.29, 0.717) is 12.0 Å². The number of halogens is 2. The van der Waals surface area contributed by atoms with Crippen LogP contribution in [0.1, 0.15) is 19.8 Å². The van der Waals surface area contributed by atoms with Crippen LogP contribution in [0.5, 0.6) is 0 Å². The molecule has 1 aromatic rings. The van der Waals surface area contributed by atoms with Crippen molar-refractivity contribution in [3.8, 4) is 0 Å². The van der Waals surface area contributed by atoms with E-state index in [1.165, 1.54) is 25.9 Å². The van der Waals surface area contributed by atoms with E-state index < -0.39 is 0 Å². The van der Waals surface area contributed by atoms with Crippen molar-refractivity contribution < 1.29 is 0 Å². The van der Waals surface area contributed by atoms with Crippen LogP contribution in [0.2, 0.25) is 5.02 Å². The predicted molar refractivity (Wildman–Crippen MR) is 82.5 cm³/mol. The van der Waals surface area contributed by atoms with Crippen molar-refractivity contribution >= 4 is 33.2 Å². The first-order valence-electron chi connectivity index (χ1n) is 6.46. The molecule has 1 heterocycles. The van der Waals surface area contributed by atoms with Crippen molar-refractivity contribution in [2.75, 3.05) is 25.5 Å². The van der Waals surface area contributed by atoms with Crippen molar-refractivity contribution in [1.82, 2.24) is 4.90 Å². The lowest BCUT2D eigenvalue weighted by atomic mass is 9.92. The fraction of sp³-hybridized carbons (Fsp3) is 0.571. The van der Waals surface area contributed by atoms with Crippen LogP contribution in [0.4, 0.5) is 5.69 Å². The predicted octanol–water partition coefficient (Wildman–Crippen LogP) is 4.24. The number of likely N-dealkylation sites (tertiary alicyclic amines) is 1. The summed E-state index contributed by atoms with van der Waals surface area (Å²) in [5, 5.41) is 4.33. The third-order valence-corrected chi connectivity index (χ3v) is 4.49. The standard InChI is InChI=1S/C14H20BrClN2/c1-10(11-4-3-7-18(2)9-11)17-14-6-5-12(15)8-13(14)16/h5-6,8,10-11,17H,3-4,7,9H2,1-2H3.